The zero-order chi connectivity index (χ0) is 9.78. The molecule has 0 spiro atoms. The monoisotopic (exact) mass is 198 g/mol. The van der Waals surface area contributed by atoms with Crippen molar-refractivity contribution in [1.29, 1.82) is 0 Å². The third-order valence-corrected chi connectivity index (χ3v) is 2.38. The Morgan fingerprint density at radius 2 is 1.83 bits per heavy atom. The maximum absolute atomic E-state index is 10.7. The van der Waals surface area contributed by atoms with Crippen LogP contribution in [-0.2, 0) is 19.7 Å². The molecule has 12 heavy (non-hydrogen) atoms. The standard InChI is InChI=1S/C5H14N2O4S/c1-7(12(6,8)9)4-5(10-2)11-3/h5H,4H2,1-3H3,(H2,6,8,9). The van der Waals surface area contributed by atoms with E-state index in [-0.39, 0.29) is 6.54 Å². The van der Waals surface area contributed by atoms with Crippen molar-refractivity contribution in [3.05, 3.63) is 0 Å². The van der Waals surface area contributed by atoms with Crippen molar-refractivity contribution in [3.8, 4) is 0 Å². The minimum absolute atomic E-state index is 0.0752. The number of methoxy groups -OCH3 is 2. The van der Waals surface area contributed by atoms with Crippen LogP contribution in [0.1, 0.15) is 0 Å². The van der Waals surface area contributed by atoms with E-state index in [0.717, 1.165) is 4.31 Å². The van der Waals surface area contributed by atoms with Crippen LogP contribution in [-0.4, -0.2) is 46.8 Å². The number of ether oxygens (including phenoxy) is 2. The Balaban J connectivity index is 4.08. The lowest BCUT2D eigenvalue weighted by atomic mass is 10.6. The van der Waals surface area contributed by atoms with Gasteiger partial charge >= 0.3 is 0 Å². The predicted octanol–water partition coefficient (Wildman–Crippen LogP) is -1.26. The Hall–Kier alpha value is -0.210. The first-order valence-corrected chi connectivity index (χ1v) is 4.71. The van der Waals surface area contributed by atoms with Crippen LogP contribution in [0.2, 0.25) is 0 Å². The molecule has 7 heteroatoms. The number of nitrogens with two attached hydrogens (primary N) is 1. The van der Waals surface area contributed by atoms with Crippen LogP contribution in [0.15, 0.2) is 0 Å². The summed E-state index contributed by atoms with van der Waals surface area (Å²) in [5.74, 6) is 0. The molecule has 0 aromatic heterocycles. The van der Waals surface area contributed by atoms with Crippen LogP contribution >= 0.6 is 0 Å². The number of hydrogen-bond donors (Lipinski definition) is 1. The van der Waals surface area contributed by atoms with Gasteiger partial charge in [-0.3, -0.25) is 0 Å². The maximum atomic E-state index is 10.7. The van der Waals surface area contributed by atoms with Gasteiger partial charge in [0.1, 0.15) is 0 Å². The second-order valence-corrected chi connectivity index (χ2v) is 3.88. The van der Waals surface area contributed by atoms with E-state index >= 15 is 0 Å². The molecule has 0 unspecified atom stereocenters. The Kier molecular flexibility index (Phi) is 4.64. The van der Waals surface area contributed by atoms with Gasteiger partial charge in [-0.15, -0.1) is 0 Å². The molecule has 74 valence electrons. The summed E-state index contributed by atoms with van der Waals surface area (Å²) in [5.41, 5.74) is 0. The highest BCUT2D eigenvalue weighted by molar-refractivity contribution is 7.86. The fourth-order valence-electron chi connectivity index (χ4n) is 0.559. The minimum Gasteiger partial charge on any atom is -0.354 e. The number of hydrogen-bond acceptors (Lipinski definition) is 4. The minimum atomic E-state index is -3.64. The lowest BCUT2D eigenvalue weighted by Crippen LogP contribution is -2.39. The smallest absolute Gasteiger partial charge is 0.276 e. The zero-order valence-electron chi connectivity index (χ0n) is 7.35. The van der Waals surface area contributed by atoms with Crippen LogP contribution < -0.4 is 5.14 Å². The normalized spacial score (nSPS) is 12.8. The molecule has 0 aliphatic heterocycles. The van der Waals surface area contributed by atoms with Crippen molar-refractivity contribution >= 4 is 10.2 Å². The summed E-state index contributed by atoms with van der Waals surface area (Å²) in [6.07, 6.45) is -0.590. The summed E-state index contributed by atoms with van der Waals surface area (Å²) in [5, 5.41) is 4.82. The quantitative estimate of drug-likeness (QED) is 0.559. The van der Waals surface area contributed by atoms with Crippen molar-refractivity contribution < 1.29 is 17.9 Å². The Morgan fingerprint density at radius 3 is 2.08 bits per heavy atom. The SMILES string of the molecule is COC(CN(C)S(N)(=O)=O)OC. The number of likely N-dealkylation sites (N-methyl/N-ethyl adjacent to an activating group) is 1. The summed E-state index contributed by atoms with van der Waals surface area (Å²) in [7, 11) is 0.546. The third kappa shape index (κ3) is 3.98. The molecule has 0 aliphatic rings. The van der Waals surface area contributed by atoms with Gasteiger partial charge in [0, 0.05) is 21.3 Å². The maximum Gasteiger partial charge on any atom is 0.276 e. The van der Waals surface area contributed by atoms with Crippen molar-refractivity contribution in [2.24, 2.45) is 5.14 Å². The predicted molar refractivity (Wildman–Crippen MR) is 43.5 cm³/mol. The summed E-state index contributed by atoms with van der Waals surface area (Å²) in [6.45, 7) is 0.0752. The van der Waals surface area contributed by atoms with E-state index in [0.29, 0.717) is 0 Å². The first-order chi connectivity index (χ1) is 5.41. The van der Waals surface area contributed by atoms with Crippen molar-refractivity contribution in [3.63, 3.8) is 0 Å². The van der Waals surface area contributed by atoms with Crippen molar-refractivity contribution in [2.75, 3.05) is 27.8 Å². The molecule has 0 saturated carbocycles. The Labute approximate surface area is 72.4 Å². The second kappa shape index (κ2) is 4.73. The highest BCUT2D eigenvalue weighted by atomic mass is 32.2. The third-order valence-electron chi connectivity index (χ3n) is 1.37. The average molecular weight is 198 g/mol. The molecule has 0 fully saturated rings. The molecule has 0 heterocycles. The summed E-state index contributed by atoms with van der Waals surface area (Å²) in [6, 6.07) is 0. The largest absolute Gasteiger partial charge is 0.354 e. The van der Waals surface area contributed by atoms with E-state index in [4.69, 9.17) is 14.6 Å². The Bertz CT molecular complexity index is 211. The number of rotatable bonds is 5. The van der Waals surface area contributed by atoms with Crippen molar-refractivity contribution in [1.82, 2.24) is 4.31 Å². The van der Waals surface area contributed by atoms with E-state index in [1.807, 2.05) is 0 Å². The van der Waals surface area contributed by atoms with E-state index < -0.39 is 16.5 Å². The highest BCUT2D eigenvalue weighted by Crippen LogP contribution is 1.96. The topological polar surface area (TPSA) is 81.9 Å². The summed E-state index contributed by atoms with van der Waals surface area (Å²) < 4.78 is 31.9. The van der Waals surface area contributed by atoms with Crippen LogP contribution in [0.5, 0.6) is 0 Å². The average Bonchev–Trinajstić information content (AvgIpc) is 1.97. The molecule has 0 saturated heterocycles. The molecule has 0 bridgehead atoms. The van der Waals surface area contributed by atoms with Gasteiger partial charge in [0.25, 0.3) is 10.2 Å². The van der Waals surface area contributed by atoms with Gasteiger partial charge in [0.05, 0.1) is 6.54 Å². The summed E-state index contributed by atoms with van der Waals surface area (Å²) in [4.78, 5) is 0. The first-order valence-electron chi connectivity index (χ1n) is 3.21. The lowest BCUT2D eigenvalue weighted by molar-refractivity contribution is -0.106. The lowest BCUT2D eigenvalue weighted by Gasteiger charge is -2.19. The summed E-state index contributed by atoms with van der Waals surface area (Å²) >= 11 is 0. The van der Waals surface area contributed by atoms with Gasteiger partial charge in [-0.2, -0.15) is 12.7 Å². The number of nitrogens with zero attached hydrogens (tertiary/aromatic N) is 1. The van der Waals surface area contributed by atoms with Crippen molar-refractivity contribution in [2.45, 2.75) is 6.29 Å². The molecule has 6 nitrogen and oxygen atoms in total. The molecule has 0 amide bonds. The van der Waals surface area contributed by atoms with E-state index in [1.165, 1.54) is 21.3 Å². The van der Waals surface area contributed by atoms with Crippen LogP contribution in [0.25, 0.3) is 0 Å². The molecule has 0 atom stereocenters. The van der Waals surface area contributed by atoms with Gasteiger partial charge in [-0.25, -0.2) is 5.14 Å². The van der Waals surface area contributed by atoms with E-state index in [1.54, 1.807) is 0 Å². The molecule has 2 N–H and O–H groups in total. The van der Waals surface area contributed by atoms with Crippen LogP contribution in [0.4, 0.5) is 0 Å². The van der Waals surface area contributed by atoms with Gasteiger partial charge in [0.15, 0.2) is 6.29 Å². The molecule has 0 aromatic carbocycles. The van der Waals surface area contributed by atoms with Gasteiger partial charge < -0.3 is 9.47 Å². The fraction of sp³-hybridized carbons (Fsp3) is 1.00. The van der Waals surface area contributed by atoms with Gasteiger partial charge in [0.2, 0.25) is 0 Å². The molecular weight excluding hydrogens is 184 g/mol. The molecule has 0 aromatic rings. The van der Waals surface area contributed by atoms with Crippen LogP contribution in [0.3, 0.4) is 0 Å². The molecule has 0 aliphatic carbocycles. The fourth-order valence-corrected chi connectivity index (χ4v) is 0.889. The molecular formula is C5H14N2O4S. The molecule has 0 rings (SSSR count). The Morgan fingerprint density at radius 1 is 1.42 bits per heavy atom. The van der Waals surface area contributed by atoms with E-state index in [9.17, 15) is 8.42 Å². The van der Waals surface area contributed by atoms with Crippen LogP contribution in [0, 0.1) is 0 Å². The van der Waals surface area contributed by atoms with Gasteiger partial charge in [-0.05, 0) is 0 Å². The molecule has 0 radical (unpaired) electrons. The van der Waals surface area contributed by atoms with Gasteiger partial charge in [-0.1, -0.05) is 0 Å². The highest BCUT2D eigenvalue weighted by Gasteiger charge is 2.16. The van der Waals surface area contributed by atoms with E-state index in [2.05, 4.69) is 0 Å². The second-order valence-electron chi connectivity index (χ2n) is 2.23. The first kappa shape index (κ1) is 11.8. The zero-order valence-corrected chi connectivity index (χ0v) is 8.17.